The van der Waals surface area contributed by atoms with Gasteiger partial charge in [0.1, 0.15) is 5.82 Å². The number of H-pyrrole nitrogens is 1. The van der Waals surface area contributed by atoms with Gasteiger partial charge in [0, 0.05) is 41.7 Å². The van der Waals surface area contributed by atoms with Crippen LogP contribution < -0.4 is 10.6 Å². The Kier molecular flexibility index (Phi) is 8.25. The van der Waals surface area contributed by atoms with Crippen molar-refractivity contribution in [1.29, 1.82) is 0 Å². The van der Waals surface area contributed by atoms with Gasteiger partial charge in [0.25, 0.3) is 0 Å². The van der Waals surface area contributed by atoms with E-state index in [4.69, 9.17) is 21.6 Å². The zero-order chi connectivity index (χ0) is 24.5. The van der Waals surface area contributed by atoms with E-state index in [-0.39, 0.29) is 5.92 Å². The first-order valence-corrected chi connectivity index (χ1v) is 11.9. The third kappa shape index (κ3) is 7.25. The zero-order valence-corrected chi connectivity index (χ0v) is 20.5. The molecule has 0 bridgehead atoms. The van der Waals surface area contributed by atoms with Crippen LogP contribution >= 0.6 is 11.6 Å². The molecule has 1 atom stereocenters. The summed E-state index contributed by atoms with van der Waals surface area (Å²) < 4.78 is 0. The molecule has 35 heavy (non-hydrogen) atoms. The molecule has 3 N–H and O–H groups in total. The van der Waals surface area contributed by atoms with E-state index in [1.807, 2.05) is 79.9 Å². The molecule has 1 unspecified atom stereocenters. The molecule has 0 radical (unpaired) electrons. The van der Waals surface area contributed by atoms with Crippen LogP contribution in [0.4, 0.5) is 5.82 Å². The third-order valence-corrected chi connectivity index (χ3v) is 5.54. The first kappa shape index (κ1) is 24.2. The van der Waals surface area contributed by atoms with E-state index in [9.17, 15) is 0 Å². The van der Waals surface area contributed by atoms with Crippen molar-refractivity contribution in [2.45, 2.75) is 26.8 Å². The minimum absolute atomic E-state index is 0.172. The van der Waals surface area contributed by atoms with Gasteiger partial charge in [-0.15, -0.1) is 0 Å². The van der Waals surface area contributed by atoms with Crippen molar-refractivity contribution in [2.75, 3.05) is 5.32 Å². The number of aromatic amines is 1. The van der Waals surface area contributed by atoms with Gasteiger partial charge in [0.15, 0.2) is 5.82 Å². The van der Waals surface area contributed by atoms with Crippen LogP contribution in [0.3, 0.4) is 0 Å². The number of aliphatic imine (C=N–C) groups is 2. The van der Waals surface area contributed by atoms with Gasteiger partial charge >= 0.3 is 0 Å². The van der Waals surface area contributed by atoms with Crippen molar-refractivity contribution in [2.24, 2.45) is 15.9 Å². The molecule has 1 aliphatic heterocycles. The van der Waals surface area contributed by atoms with Crippen LogP contribution in [-0.2, 0) is 6.54 Å². The van der Waals surface area contributed by atoms with Gasteiger partial charge in [-0.3, -0.25) is 10.1 Å². The van der Waals surface area contributed by atoms with Crippen LogP contribution in [0, 0.1) is 5.92 Å². The number of benzene rings is 1. The highest BCUT2D eigenvalue weighted by atomic mass is 35.5. The van der Waals surface area contributed by atoms with E-state index >= 15 is 0 Å². The fourth-order valence-electron chi connectivity index (χ4n) is 3.46. The summed E-state index contributed by atoms with van der Waals surface area (Å²) >= 11 is 6.14. The lowest BCUT2D eigenvalue weighted by molar-refractivity contribution is 0.745. The molecule has 3 heterocycles. The minimum Gasteiger partial charge on any atom is -0.366 e. The standard InChI is InChI=1S/C27H28ClN7/c1-3-6-23-16-26(35-34-23)33-27-31-24(12-11-20-7-4-9-22(28)15-20)19(2)10-13-25(32-27)30-18-21-8-5-14-29-17-21/h3-9,11-17,19,30H,10,18H2,1-2H3,(H2,32,33,34,35)/b6-3+,12-11+,25-13+,31-24?. The molecule has 1 aromatic carbocycles. The Morgan fingerprint density at radius 1 is 1.11 bits per heavy atom. The summed E-state index contributed by atoms with van der Waals surface area (Å²) in [6.45, 7) is 4.73. The zero-order valence-electron chi connectivity index (χ0n) is 19.7. The van der Waals surface area contributed by atoms with Crippen LogP contribution in [0.25, 0.3) is 12.2 Å². The van der Waals surface area contributed by atoms with Crippen molar-refractivity contribution < 1.29 is 0 Å². The summed E-state index contributed by atoms with van der Waals surface area (Å²) in [6, 6.07) is 13.6. The predicted octanol–water partition coefficient (Wildman–Crippen LogP) is 6.08. The van der Waals surface area contributed by atoms with E-state index in [0.29, 0.717) is 23.3 Å². The number of hydrogen-bond donors (Lipinski definition) is 3. The molecule has 2 aromatic heterocycles. The second kappa shape index (κ2) is 11.9. The van der Waals surface area contributed by atoms with Crippen LogP contribution in [0.5, 0.6) is 0 Å². The van der Waals surface area contributed by atoms with Crippen LogP contribution in [-0.4, -0.2) is 26.9 Å². The Hall–Kier alpha value is -3.97. The number of halogens is 1. The summed E-state index contributed by atoms with van der Waals surface area (Å²) in [4.78, 5) is 13.8. The summed E-state index contributed by atoms with van der Waals surface area (Å²) in [5.74, 6) is 2.00. The van der Waals surface area contributed by atoms with Crippen molar-refractivity contribution >= 4 is 41.2 Å². The second-order valence-corrected chi connectivity index (χ2v) is 8.57. The molecule has 0 saturated carbocycles. The highest BCUT2D eigenvalue weighted by molar-refractivity contribution is 6.30. The maximum atomic E-state index is 6.14. The first-order valence-electron chi connectivity index (χ1n) is 11.5. The Morgan fingerprint density at radius 3 is 2.83 bits per heavy atom. The molecule has 0 fully saturated rings. The van der Waals surface area contributed by atoms with Gasteiger partial charge < -0.3 is 10.6 Å². The van der Waals surface area contributed by atoms with Crippen LogP contribution in [0.2, 0.25) is 5.02 Å². The Bertz CT molecular complexity index is 1290. The molecule has 178 valence electrons. The quantitative estimate of drug-likeness (QED) is 0.378. The minimum atomic E-state index is 0.172. The number of nitrogens with zero attached hydrogens (tertiary/aromatic N) is 4. The number of nitrogens with one attached hydrogen (secondary N) is 3. The smallest absolute Gasteiger partial charge is 0.230 e. The molecule has 3 aromatic rings. The summed E-state index contributed by atoms with van der Waals surface area (Å²) in [7, 11) is 0. The van der Waals surface area contributed by atoms with Crippen molar-refractivity contribution in [3.8, 4) is 0 Å². The van der Waals surface area contributed by atoms with E-state index in [2.05, 4.69) is 38.8 Å². The highest BCUT2D eigenvalue weighted by Crippen LogP contribution is 2.17. The third-order valence-electron chi connectivity index (χ3n) is 5.31. The normalized spacial score (nSPS) is 17.9. The number of allylic oxidation sites excluding steroid dienone is 3. The lowest BCUT2D eigenvalue weighted by Crippen LogP contribution is -2.21. The second-order valence-electron chi connectivity index (χ2n) is 8.13. The number of anilines is 1. The number of hydrogen-bond acceptors (Lipinski definition) is 6. The van der Waals surface area contributed by atoms with Gasteiger partial charge in [-0.1, -0.05) is 48.9 Å². The fourth-order valence-corrected chi connectivity index (χ4v) is 3.66. The van der Waals surface area contributed by atoms with Gasteiger partial charge in [0.05, 0.1) is 5.69 Å². The molecule has 1 aliphatic rings. The molecule has 0 amide bonds. The molecule has 8 heteroatoms. The van der Waals surface area contributed by atoms with Gasteiger partial charge in [-0.05, 0) is 60.9 Å². The number of guanidine groups is 1. The predicted molar refractivity (Wildman–Crippen MR) is 145 cm³/mol. The van der Waals surface area contributed by atoms with E-state index in [1.54, 1.807) is 6.20 Å². The monoisotopic (exact) mass is 485 g/mol. The Labute approximate surface area is 210 Å². The van der Waals surface area contributed by atoms with E-state index in [0.717, 1.165) is 34.8 Å². The van der Waals surface area contributed by atoms with Crippen LogP contribution in [0.1, 0.15) is 37.1 Å². The van der Waals surface area contributed by atoms with Crippen molar-refractivity contribution in [3.05, 3.63) is 101 Å². The summed E-state index contributed by atoms with van der Waals surface area (Å²) in [5.41, 5.74) is 3.89. The lowest BCUT2D eigenvalue weighted by atomic mass is 9.99. The average molecular weight is 486 g/mol. The van der Waals surface area contributed by atoms with Crippen LogP contribution in [0.15, 0.2) is 88.9 Å². The number of aromatic nitrogens is 3. The molecule has 0 aliphatic carbocycles. The Morgan fingerprint density at radius 2 is 2.03 bits per heavy atom. The lowest BCUT2D eigenvalue weighted by Gasteiger charge is -2.16. The topological polar surface area (TPSA) is 90.3 Å². The largest absolute Gasteiger partial charge is 0.366 e. The summed E-state index contributed by atoms with van der Waals surface area (Å²) in [6.07, 6.45) is 14.4. The average Bonchev–Trinajstić information content (AvgIpc) is 3.29. The molecule has 7 nitrogen and oxygen atoms in total. The highest BCUT2D eigenvalue weighted by Gasteiger charge is 2.14. The number of rotatable bonds is 7. The molecule has 0 saturated heterocycles. The van der Waals surface area contributed by atoms with Gasteiger partial charge in [0.2, 0.25) is 5.96 Å². The number of pyridine rings is 1. The fraction of sp³-hybridized carbons (Fsp3) is 0.185. The SMILES string of the molecule is C/C=C/c1cc(NC2=N/C(NCc3cccnc3)=C/CC(C)C(/C=C/c3cccc(Cl)c3)=N2)n[nH]1. The Balaban J connectivity index is 1.61. The first-order chi connectivity index (χ1) is 17.1. The maximum Gasteiger partial charge on any atom is 0.230 e. The van der Waals surface area contributed by atoms with Crippen molar-refractivity contribution in [1.82, 2.24) is 20.5 Å². The van der Waals surface area contributed by atoms with Gasteiger partial charge in [-0.2, -0.15) is 10.1 Å². The molecular formula is C27H28ClN7. The van der Waals surface area contributed by atoms with E-state index in [1.165, 1.54) is 0 Å². The van der Waals surface area contributed by atoms with Crippen molar-refractivity contribution in [3.63, 3.8) is 0 Å². The molecular weight excluding hydrogens is 458 g/mol. The van der Waals surface area contributed by atoms with E-state index < -0.39 is 0 Å². The maximum absolute atomic E-state index is 6.14. The molecule has 0 spiro atoms. The summed E-state index contributed by atoms with van der Waals surface area (Å²) in [5, 5.41) is 14.7. The molecule has 4 rings (SSSR count). The van der Waals surface area contributed by atoms with Gasteiger partial charge in [-0.25, -0.2) is 4.99 Å².